The largest absolute Gasteiger partial charge is 0.383 e. The third kappa shape index (κ3) is 5.10. The molecule has 1 heterocycles. The van der Waals surface area contributed by atoms with Crippen molar-refractivity contribution in [3.63, 3.8) is 0 Å². The monoisotopic (exact) mass is 483 g/mol. The van der Waals surface area contributed by atoms with Crippen LogP contribution in [0.15, 0.2) is 57.2 Å². The summed E-state index contributed by atoms with van der Waals surface area (Å²) >= 11 is 1.12. The van der Waals surface area contributed by atoms with Crippen LogP contribution in [0.3, 0.4) is 0 Å². The zero-order valence-electron chi connectivity index (χ0n) is 16.8. The van der Waals surface area contributed by atoms with E-state index in [2.05, 4.69) is 4.99 Å². The molecule has 166 valence electrons. The summed E-state index contributed by atoms with van der Waals surface area (Å²) in [7, 11) is -5.81. The molecule has 2 aromatic carbocycles. The number of hydrogen-bond donors (Lipinski definition) is 1. The number of fused-ring (bicyclic) bond motifs is 1. The molecule has 0 aliphatic heterocycles. The standard InChI is InChI=1S/C19H21N3O6S3/c1-3-30(24,25)14-6-4-5-13(11-14)18(23)21-19-22(9-10-28-2)16-8-7-15(31(20,26)27)12-17(16)29-19/h4-8,11-12H,3,9-10H2,1-2H3,(H2,20,26,27). The topological polar surface area (TPSA) is 138 Å². The first-order valence-corrected chi connectivity index (χ1v) is 13.2. The lowest BCUT2D eigenvalue weighted by molar-refractivity contribution is 0.0997. The lowest BCUT2D eigenvalue weighted by atomic mass is 10.2. The van der Waals surface area contributed by atoms with E-state index in [1.807, 2.05) is 0 Å². The number of amides is 1. The number of rotatable bonds is 7. The minimum atomic E-state index is -3.88. The Balaban J connectivity index is 2.14. The fourth-order valence-electron chi connectivity index (χ4n) is 2.86. The Kier molecular flexibility index (Phi) is 6.76. The molecule has 1 amide bonds. The average Bonchev–Trinajstić information content (AvgIpc) is 3.07. The maximum atomic E-state index is 12.8. The molecule has 0 bridgehead atoms. The second-order valence-electron chi connectivity index (χ2n) is 6.55. The number of carbonyl (C=O) groups is 1. The van der Waals surface area contributed by atoms with Crippen LogP contribution in [0, 0.1) is 0 Å². The van der Waals surface area contributed by atoms with E-state index in [1.54, 1.807) is 10.6 Å². The Hall–Kier alpha value is -2.38. The van der Waals surface area contributed by atoms with Crippen molar-refractivity contribution in [3.8, 4) is 0 Å². The van der Waals surface area contributed by atoms with Gasteiger partial charge in [-0.1, -0.05) is 24.3 Å². The normalized spacial score (nSPS) is 13.1. The summed E-state index contributed by atoms with van der Waals surface area (Å²) < 4.78 is 55.0. The molecule has 31 heavy (non-hydrogen) atoms. The van der Waals surface area contributed by atoms with Crippen molar-refractivity contribution in [2.45, 2.75) is 23.3 Å². The van der Waals surface area contributed by atoms with Crippen molar-refractivity contribution in [1.82, 2.24) is 4.57 Å². The third-order valence-corrected chi connectivity index (χ3v) is 8.20. The van der Waals surface area contributed by atoms with E-state index in [4.69, 9.17) is 9.88 Å². The summed E-state index contributed by atoms with van der Waals surface area (Å²) in [5.41, 5.74) is 0.804. The molecule has 0 saturated heterocycles. The van der Waals surface area contributed by atoms with E-state index < -0.39 is 25.8 Å². The van der Waals surface area contributed by atoms with Crippen molar-refractivity contribution in [3.05, 3.63) is 52.8 Å². The predicted molar refractivity (Wildman–Crippen MR) is 117 cm³/mol. The van der Waals surface area contributed by atoms with Crippen LogP contribution < -0.4 is 9.94 Å². The number of nitrogens with two attached hydrogens (primary N) is 1. The zero-order valence-corrected chi connectivity index (χ0v) is 19.3. The van der Waals surface area contributed by atoms with Crippen LogP contribution in [0.25, 0.3) is 10.2 Å². The average molecular weight is 484 g/mol. The number of nitrogens with zero attached hydrogens (tertiary/aromatic N) is 2. The molecule has 2 N–H and O–H groups in total. The van der Waals surface area contributed by atoms with Gasteiger partial charge in [-0.25, -0.2) is 22.0 Å². The van der Waals surface area contributed by atoms with Gasteiger partial charge < -0.3 is 9.30 Å². The van der Waals surface area contributed by atoms with E-state index in [-0.39, 0.29) is 21.1 Å². The van der Waals surface area contributed by atoms with E-state index in [0.717, 1.165) is 11.3 Å². The predicted octanol–water partition coefficient (Wildman–Crippen LogP) is 1.53. The summed E-state index contributed by atoms with van der Waals surface area (Å²) in [6.45, 7) is 2.25. The Morgan fingerprint density at radius 3 is 2.52 bits per heavy atom. The first-order valence-electron chi connectivity index (χ1n) is 9.14. The molecule has 0 atom stereocenters. The highest BCUT2D eigenvalue weighted by molar-refractivity contribution is 7.91. The Bertz CT molecular complexity index is 1420. The Labute approximate surface area is 183 Å². The number of hydrogen-bond acceptors (Lipinski definition) is 7. The van der Waals surface area contributed by atoms with E-state index in [9.17, 15) is 21.6 Å². The molecule has 9 nitrogen and oxygen atoms in total. The minimum Gasteiger partial charge on any atom is -0.383 e. The molecule has 3 rings (SSSR count). The number of sulfonamides is 1. The van der Waals surface area contributed by atoms with Gasteiger partial charge in [0.2, 0.25) is 10.0 Å². The maximum Gasteiger partial charge on any atom is 0.279 e. The number of carbonyl (C=O) groups excluding carboxylic acids is 1. The van der Waals surface area contributed by atoms with Gasteiger partial charge in [0.15, 0.2) is 14.6 Å². The summed E-state index contributed by atoms with van der Waals surface area (Å²) in [5.74, 6) is -0.695. The summed E-state index contributed by atoms with van der Waals surface area (Å²) in [5, 5.41) is 5.21. The van der Waals surface area contributed by atoms with Crippen LogP contribution in [-0.2, 0) is 31.1 Å². The van der Waals surface area contributed by atoms with Crippen LogP contribution in [0.2, 0.25) is 0 Å². The zero-order chi connectivity index (χ0) is 22.8. The van der Waals surface area contributed by atoms with Crippen molar-refractivity contribution < 1.29 is 26.4 Å². The van der Waals surface area contributed by atoms with E-state index >= 15 is 0 Å². The molecule has 0 aliphatic carbocycles. The molecular weight excluding hydrogens is 462 g/mol. The first-order chi connectivity index (χ1) is 14.6. The molecule has 0 spiro atoms. The van der Waals surface area contributed by atoms with E-state index in [0.29, 0.717) is 28.2 Å². The van der Waals surface area contributed by atoms with Crippen molar-refractivity contribution in [1.29, 1.82) is 0 Å². The summed E-state index contributed by atoms with van der Waals surface area (Å²) in [6, 6.07) is 10.1. The number of methoxy groups -OCH3 is 1. The van der Waals surface area contributed by atoms with Gasteiger partial charge in [-0.15, -0.1) is 0 Å². The maximum absolute atomic E-state index is 12.8. The molecule has 0 fully saturated rings. The first kappa shape index (κ1) is 23.3. The van der Waals surface area contributed by atoms with Gasteiger partial charge in [0.1, 0.15) is 0 Å². The molecule has 0 radical (unpaired) electrons. The quantitative estimate of drug-likeness (QED) is 0.541. The second-order valence-corrected chi connectivity index (χ2v) is 11.4. The van der Waals surface area contributed by atoms with Gasteiger partial charge in [-0.2, -0.15) is 4.99 Å². The lowest BCUT2D eigenvalue weighted by Gasteiger charge is -2.05. The Morgan fingerprint density at radius 1 is 1.13 bits per heavy atom. The fraction of sp³-hybridized carbons (Fsp3) is 0.263. The van der Waals surface area contributed by atoms with Gasteiger partial charge in [0.25, 0.3) is 5.91 Å². The van der Waals surface area contributed by atoms with Crippen LogP contribution in [0.5, 0.6) is 0 Å². The van der Waals surface area contributed by atoms with Crippen molar-refractivity contribution >= 4 is 47.3 Å². The highest BCUT2D eigenvalue weighted by atomic mass is 32.2. The smallest absolute Gasteiger partial charge is 0.279 e. The SMILES string of the molecule is CCS(=O)(=O)c1cccc(C(=O)N=c2sc3cc(S(N)(=O)=O)ccc3n2CCOC)c1. The van der Waals surface area contributed by atoms with Crippen molar-refractivity contribution in [2.75, 3.05) is 19.5 Å². The van der Waals surface area contributed by atoms with Gasteiger partial charge >= 0.3 is 0 Å². The number of benzene rings is 2. The van der Waals surface area contributed by atoms with Gasteiger partial charge in [0, 0.05) is 19.2 Å². The molecule has 0 saturated carbocycles. The molecule has 1 aromatic heterocycles. The summed E-state index contributed by atoms with van der Waals surface area (Å²) in [6.07, 6.45) is 0. The molecule has 0 aliphatic rings. The minimum absolute atomic E-state index is 0.0458. The molecule has 0 unspecified atom stereocenters. The van der Waals surface area contributed by atoms with Gasteiger partial charge in [-0.05, 0) is 36.4 Å². The number of thiazole rings is 1. The fourth-order valence-corrected chi connectivity index (χ4v) is 5.49. The number of primary sulfonamides is 1. The molecular formula is C19H21N3O6S3. The van der Waals surface area contributed by atoms with Crippen molar-refractivity contribution in [2.24, 2.45) is 10.1 Å². The highest BCUT2D eigenvalue weighted by Gasteiger charge is 2.16. The number of sulfone groups is 1. The van der Waals surface area contributed by atoms with Gasteiger partial charge in [0.05, 0.1) is 32.4 Å². The van der Waals surface area contributed by atoms with Crippen LogP contribution in [-0.4, -0.2) is 46.8 Å². The van der Waals surface area contributed by atoms with Gasteiger partial charge in [-0.3, -0.25) is 4.79 Å². The highest BCUT2D eigenvalue weighted by Crippen LogP contribution is 2.21. The summed E-state index contributed by atoms with van der Waals surface area (Å²) in [4.78, 5) is 17.3. The lowest BCUT2D eigenvalue weighted by Crippen LogP contribution is -2.19. The van der Waals surface area contributed by atoms with Crippen LogP contribution in [0.4, 0.5) is 0 Å². The molecule has 12 heteroatoms. The van der Waals surface area contributed by atoms with Crippen LogP contribution >= 0.6 is 11.3 Å². The van der Waals surface area contributed by atoms with Crippen LogP contribution in [0.1, 0.15) is 17.3 Å². The number of aromatic nitrogens is 1. The molecule has 3 aromatic rings. The number of ether oxygens (including phenoxy) is 1. The van der Waals surface area contributed by atoms with E-state index in [1.165, 1.54) is 50.4 Å². The second kappa shape index (κ2) is 9.01. The Morgan fingerprint density at radius 2 is 1.87 bits per heavy atom. The third-order valence-electron chi connectivity index (χ3n) is 4.52.